The van der Waals surface area contributed by atoms with Crippen LogP contribution >= 0.6 is 0 Å². The maximum Gasteiger partial charge on any atom is 0.221 e. The van der Waals surface area contributed by atoms with Crippen LogP contribution in [0.3, 0.4) is 0 Å². The van der Waals surface area contributed by atoms with Crippen LogP contribution in [0.15, 0.2) is 24.5 Å². The minimum absolute atomic E-state index is 0.148. The maximum atomic E-state index is 11.9. The number of rotatable bonds is 10. The Morgan fingerprint density at radius 3 is 2.57 bits per heavy atom. The van der Waals surface area contributed by atoms with E-state index in [1.807, 2.05) is 25.1 Å². The van der Waals surface area contributed by atoms with Crippen LogP contribution in [0.2, 0.25) is 0 Å². The fourth-order valence-corrected chi connectivity index (χ4v) is 2.91. The van der Waals surface area contributed by atoms with Crippen LogP contribution in [0, 0.1) is 0 Å². The Morgan fingerprint density at radius 1 is 1.26 bits per heavy atom. The van der Waals surface area contributed by atoms with Crippen molar-refractivity contribution in [2.75, 3.05) is 40.0 Å². The van der Waals surface area contributed by atoms with Gasteiger partial charge in [0.1, 0.15) is 0 Å². The van der Waals surface area contributed by atoms with Crippen molar-refractivity contribution >= 4 is 15.9 Å². The van der Waals surface area contributed by atoms with Crippen molar-refractivity contribution in [3.63, 3.8) is 0 Å². The van der Waals surface area contributed by atoms with Crippen LogP contribution in [0.4, 0.5) is 0 Å². The van der Waals surface area contributed by atoms with Gasteiger partial charge in [-0.1, -0.05) is 6.07 Å². The highest BCUT2D eigenvalue weighted by Crippen LogP contribution is 2.02. The Balaban J connectivity index is 2.39. The standard InChI is InChI=1S/C15H26N4O3S/c1-18(2)9-5-10-19(23(3,21)22)11-7-15(20)17-13-14-6-4-8-16-12-14/h4,6,8,12H,5,7,9-11,13H2,1-3H3,(H,17,20). The minimum atomic E-state index is -3.30. The number of hydrogen-bond acceptors (Lipinski definition) is 5. The first-order valence-corrected chi connectivity index (χ1v) is 9.39. The molecule has 1 N–H and O–H groups in total. The summed E-state index contributed by atoms with van der Waals surface area (Å²) < 4.78 is 24.9. The fraction of sp³-hybridized carbons (Fsp3) is 0.600. The van der Waals surface area contributed by atoms with Crippen LogP contribution < -0.4 is 5.32 Å². The largest absolute Gasteiger partial charge is 0.352 e. The quantitative estimate of drug-likeness (QED) is 0.661. The second kappa shape index (κ2) is 9.59. The highest BCUT2D eigenvalue weighted by Gasteiger charge is 2.17. The first-order valence-electron chi connectivity index (χ1n) is 7.54. The normalized spacial score (nSPS) is 11.9. The summed E-state index contributed by atoms with van der Waals surface area (Å²) in [5.74, 6) is -0.171. The summed E-state index contributed by atoms with van der Waals surface area (Å²) in [5.41, 5.74) is 0.909. The lowest BCUT2D eigenvalue weighted by atomic mass is 10.3. The summed E-state index contributed by atoms with van der Waals surface area (Å²) in [7, 11) is 0.581. The molecule has 0 saturated heterocycles. The van der Waals surface area contributed by atoms with E-state index >= 15 is 0 Å². The molecule has 23 heavy (non-hydrogen) atoms. The summed E-state index contributed by atoms with van der Waals surface area (Å²) in [5, 5.41) is 2.77. The zero-order valence-electron chi connectivity index (χ0n) is 14.0. The molecule has 8 heteroatoms. The van der Waals surface area contributed by atoms with Gasteiger partial charge in [-0.15, -0.1) is 0 Å². The van der Waals surface area contributed by atoms with Gasteiger partial charge in [-0.2, -0.15) is 0 Å². The molecule has 1 aromatic heterocycles. The summed E-state index contributed by atoms with van der Waals surface area (Å²) in [4.78, 5) is 17.8. The smallest absolute Gasteiger partial charge is 0.221 e. The third-order valence-electron chi connectivity index (χ3n) is 3.28. The van der Waals surface area contributed by atoms with E-state index in [0.29, 0.717) is 13.1 Å². The Labute approximate surface area is 138 Å². The number of hydrogen-bond donors (Lipinski definition) is 1. The predicted molar refractivity (Wildman–Crippen MR) is 90.3 cm³/mol. The zero-order valence-corrected chi connectivity index (χ0v) is 14.8. The third kappa shape index (κ3) is 8.63. The van der Waals surface area contributed by atoms with Gasteiger partial charge in [-0.3, -0.25) is 9.78 Å². The number of pyridine rings is 1. The van der Waals surface area contributed by atoms with Gasteiger partial charge in [0.15, 0.2) is 0 Å². The summed E-state index contributed by atoms with van der Waals surface area (Å²) >= 11 is 0. The zero-order chi connectivity index (χ0) is 17.3. The predicted octanol–water partition coefficient (Wildman–Crippen LogP) is 0.301. The Kier molecular flexibility index (Phi) is 8.15. The average Bonchev–Trinajstić information content (AvgIpc) is 2.48. The second-order valence-corrected chi connectivity index (χ2v) is 7.69. The van der Waals surface area contributed by atoms with Crippen molar-refractivity contribution in [1.29, 1.82) is 0 Å². The number of carbonyl (C=O) groups is 1. The molecule has 0 radical (unpaired) electrons. The van der Waals surface area contributed by atoms with E-state index in [-0.39, 0.29) is 18.9 Å². The molecule has 0 aromatic carbocycles. The summed E-state index contributed by atoms with van der Waals surface area (Å²) in [6.45, 7) is 1.82. The summed E-state index contributed by atoms with van der Waals surface area (Å²) in [6, 6.07) is 3.68. The van der Waals surface area contributed by atoms with Crippen LogP contribution in [-0.4, -0.2) is 68.5 Å². The van der Waals surface area contributed by atoms with Crippen molar-refractivity contribution in [2.45, 2.75) is 19.4 Å². The van der Waals surface area contributed by atoms with Gasteiger partial charge in [0.2, 0.25) is 15.9 Å². The van der Waals surface area contributed by atoms with Gasteiger partial charge >= 0.3 is 0 Å². The van der Waals surface area contributed by atoms with E-state index in [4.69, 9.17) is 0 Å². The maximum absolute atomic E-state index is 11.9. The van der Waals surface area contributed by atoms with Crippen LogP contribution in [0.5, 0.6) is 0 Å². The van der Waals surface area contributed by atoms with Gasteiger partial charge in [-0.05, 0) is 38.7 Å². The second-order valence-electron chi connectivity index (χ2n) is 5.71. The topological polar surface area (TPSA) is 82.6 Å². The molecular weight excluding hydrogens is 316 g/mol. The average molecular weight is 342 g/mol. The number of carbonyl (C=O) groups excluding carboxylic acids is 1. The molecular formula is C15H26N4O3S. The van der Waals surface area contributed by atoms with Crippen molar-refractivity contribution in [2.24, 2.45) is 0 Å². The monoisotopic (exact) mass is 342 g/mol. The lowest BCUT2D eigenvalue weighted by Gasteiger charge is -2.20. The van der Waals surface area contributed by atoms with Crippen molar-refractivity contribution in [3.8, 4) is 0 Å². The molecule has 0 aliphatic carbocycles. The Morgan fingerprint density at radius 2 is 2.00 bits per heavy atom. The Hall–Kier alpha value is -1.51. The third-order valence-corrected chi connectivity index (χ3v) is 4.59. The SMILES string of the molecule is CN(C)CCCN(CCC(=O)NCc1cccnc1)S(C)(=O)=O. The van der Waals surface area contributed by atoms with E-state index < -0.39 is 10.0 Å². The van der Waals surface area contributed by atoms with Crippen LogP contribution in [-0.2, 0) is 21.4 Å². The number of nitrogens with one attached hydrogen (secondary N) is 1. The molecule has 0 spiro atoms. The van der Waals surface area contributed by atoms with Gasteiger partial charge in [0.05, 0.1) is 6.26 Å². The summed E-state index contributed by atoms with van der Waals surface area (Å²) in [6.07, 6.45) is 5.41. The first-order chi connectivity index (χ1) is 10.8. The number of nitrogens with zero attached hydrogens (tertiary/aromatic N) is 3. The highest BCUT2D eigenvalue weighted by atomic mass is 32.2. The lowest BCUT2D eigenvalue weighted by molar-refractivity contribution is -0.121. The van der Waals surface area contributed by atoms with Gasteiger partial charge in [0, 0.05) is 38.4 Å². The molecule has 0 fully saturated rings. The lowest BCUT2D eigenvalue weighted by Crippen LogP contribution is -2.36. The van der Waals surface area contributed by atoms with Crippen molar-refractivity contribution in [3.05, 3.63) is 30.1 Å². The van der Waals surface area contributed by atoms with Crippen molar-refractivity contribution < 1.29 is 13.2 Å². The van der Waals surface area contributed by atoms with E-state index in [2.05, 4.69) is 10.3 Å². The van der Waals surface area contributed by atoms with Crippen molar-refractivity contribution in [1.82, 2.24) is 19.5 Å². The number of aromatic nitrogens is 1. The van der Waals surface area contributed by atoms with Crippen LogP contribution in [0.25, 0.3) is 0 Å². The first kappa shape index (κ1) is 19.5. The molecule has 1 heterocycles. The van der Waals surface area contributed by atoms with E-state index in [1.165, 1.54) is 10.6 Å². The van der Waals surface area contributed by atoms with E-state index in [0.717, 1.165) is 18.5 Å². The molecule has 0 aliphatic heterocycles. The molecule has 0 bridgehead atoms. The molecule has 1 rings (SSSR count). The molecule has 7 nitrogen and oxygen atoms in total. The van der Waals surface area contributed by atoms with Crippen LogP contribution in [0.1, 0.15) is 18.4 Å². The number of sulfonamides is 1. The molecule has 0 unspecified atom stereocenters. The van der Waals surface area contributed by atoms with Gasteiger partial charge in [0.25, 0.3) is 0 Å². The van der Waals surface area contributed by atoms with Gasteiger partial charge in [-0.25, -0.2) is 12.7 Å². The molecule has 1 amide bonds. The highest BCUT2D eigenvalue weighted by molar-refractivity contribution is 7.88. The molecule has 0 atom stereocenters. The fourth-order valence-electron chi connectivity index (χ4n) is 2.02. The van der Waals surface area contributed by atoms with Gasteiger partial charge < -0.3 is 10.2 Å². The molecule has 130 valence electrons. The molecule has 0 aliphatic rings. The van der Waals surface area contributed by atoms with E-state index in [1.54, 1.807) is 18.5 Å². The minimum Gasteiger partial charge on any atom is -0.352 e. The Bertz CT molecular complexity index is 576. The molecule has 1 aromatic rings. The molecule has 0 saturated carbocycles. The van der Waals surface area contributed by atoms with E-state index in [9.17, 15) is 13.2 Å². The number of amides is 1.